The summed E-state index contributed by atoms with van der Waals surface area (Å²) in [5.74, 6) is 1.86. The van der Waals surface area contributed by atoms with Gasteiger partial charge in [-0.2, -0.15) is 0 Å². The summed E-state index contributed by atoms with van der Waals surface area (Å²) >= 11 is 0. The van der Waals surface area contributed by atoms with Crippen molar-refractivity contribution in [3.05, 3.63) is 0 Å². The van der Waals surface area contributed by atoms with E-state index in [2.05, 4.69) is 62.0 Å². The van der Waals surface area contributed by atoms with Crippen molar-refractivity contribution in [2.45, 2.75) is 79.3 Å². The van der Waals surface area contributed by atoms with E-state index in [1.165, 1.54) is 38.9 Å². The van der Waals surface area contributed by atoms with Gasteiger partial charge in [0.25, 0.3) is 0 Å². The molecular formula is C21H45N5. The number of rotatable bonds is 11. The Kier molecular flexibility index (Phi) is 11.9. The average molecular weight is 368 g/mol. The molecule has 26 heavy (non-hydrogen) atoms. The molecular weight excluding hydrogens is 322 g/mol. The summed E-state index contributed by atoms with van der Waals surface area (Å²) in [6, 6.07) is 1.20. The van der Waals surface area contributed by atoms with E-state index in [-0.39, 0.29) is 0 Å². The molecule has 0 aromatic rings. The molecule has 1 fully saturated rings. The molecule has 0 aliphatic carbocycles. The highest BCUT2D eigenvalue weighted by atomic mass is 15.2. The van der Waals surface area contributed by atoms with Gasteiger partial charge in [-0.3, -0.25) is 9.89 Å². The predicted molar refractivity (Wildman–Crippen MR) is 115 cm³/mol. The Labute approximate surface area is 163 Å². The molecule has 1 aliphatic heterocycles. The predicted octanol–water partition coefficient (Wildman–Crippen LogP) is 3.17. The van der Waals surface area contributed by atoms with E-state index >= 15 is 0 Å². The Balaban J connectivity index is 2.28. The molecule has 1 rings (SSSR count). The zero-order valence-electron chi connectivity index (χ0n) is 18.4. The largest absolute Gasteiger partial charge is 0.357 e. The monoisotopic (exact) mass is 367 g/mol. The van der Waals surface area contributed by atoms with Crippen molar-refractivity contribution in [2.24, 2.45) is 10.9 Å². The van der Waals surface area contributed by atoms with Crippen LogP contribution < -0.4 is 10.6 Å². The summed E-state index contributed by atoms with van der Waals surface area (Å²) < 4.78 is 0. The van der Waals surface area contributed by atoms with Gasteiger partial charge in [0, 0.05) is 38.3 Å². The molecule has 0 radical (unpaired) electrons. The minimum absolute atomic E-state index is 0.601. The van der Waals surface area contributed by atoms with Gasteiger partial charge in [0.2, 0.25) is 0 Å². The average Bonchev–Trinajstić information content (AvgIpc) is 2.61. The van der Waals surface area contributed by atoms with Crippen LogP contribution in [0.3, 0.4) is 0 Å². The first-order chi connectivity index (χ1) is 12.5. The van der Waals surface area contributed by atoms with Crippen LogP contribution in [-0.4, -0.2) is 73.7 Å². The topological polar surface area (TPSA) is 42.9 Å². The molecule has 0 aromatic carbocycles. The second-order valence-electron chi connectivity index (χ2n) is 8.13. The maximum Gasteiger partial charge on any atom is 0.191 e. The summed E-state index contributed by atoms with van der Waals surface area (Å²) in [6.07, 6.45) is 5.08. The SMILES string of the molecule is CCNC(=NCCCN(C(C)C)C(C)C)NCCC1CCN(CC)CC1. The van der Waals surface area contributed by atoms with Crippen LogP contribution in [0.4, 0.5) is 0 Å². The molecule has 154 valence electrons. The third-order valence-corrected chi connectivity index (χ3v) is 5.51. The normalized spacial score (nSPS) is 17.5. The van der Waals surface area contributed by atoms with Gasteiger partial charge in [0.05, 0.1) is 0 Å². The van der Waals surface area contributed by atoms with Gasteiger partial charge in [-0.1, -0.05) is 6.92 Å². The summed E-state index contributed by atoms with van der Waals surface area (Å²) in [5.41, 5.74) is 0. The fraction of sp³-hybridized carbons (Fsp3) is 0.952. The molecule has 0 unspecified atom stereocenters. The van der Waals surface area contributed by atoms with Crippen molar-refractivity contribution in [3.63, 3.8) is 0 Å². The number of hydrogen-bond donors (Lipinski definition) is 2. The Bertz CT molecular complexity index is 365. The number of piperidine rings is 1. The highest BCUT2D eigenvalue weighted by Gasteiger charge is 2.17. The zero-order valence-corrected chi connectivity index (χ0v) is 18.4. The Morgan fingerprint density at radius 1 is 1.08 bits per heavy atom. The summed E-state index contributed by atoms with van der Waals surface area (Å²) in [7, 11) is 0. The van der Waals surface area contributed by atoms with Gasteiger partial charge in [-0.15, -0.1) is 0 Å². The smallest absolute Gasteiger partial charge is 0.191 e. The second-order valence-corrected chi connectivity index (χ2v) is 8.13. The number of aliphatic imine (C=N–C) groups is 1. The molecule has 0 amide bonds. The summed E-state index contributed by atoms with van der Waals surface area (Å²) in [4.78, 5) is 9.87. The lowest BCUT2D eigenvalue weighted by Gasteiger charge is -2.31. The zero-order chi connectivity index (χ0) is 19.4. The Hall–Kier alpha value is -0.810. The van der Waals surface area contributed by atoms with E-state index in [0.29, 0.717) is 12.1 Å². The summed E-state index contributed by atoms with van der Waals surface area (Å²) in [6.45, 7) is 21.2. The molecule has 1 aliphatic rings. The molecule has 5 heteroatoms. The first-order valence-electron chi connectivity index (χ1n) is 11.0. The lowest BCUT2D eigenvalue weighted by molar-refractivity contribution is 0.174. The quantitative estimate of drug-likeness (QED) is 0.334. The maximum atomic E-state index is 4.77. The van der Waals surface area contributed by atoms with E-state index in [4.69, 9.17) is 4.99 Å². The number of guanidine groups is 1. The Morgan fingerprint density at radius 2 is 1.73 bits per heavy atom. The van der Waals surface area contributed by atoms with Crippen molar-refractivity contribution in [2.75, 3.05) is 45.8 Å². The van der Waals surface area contributed by atoms with E-state index in [9.17, 15) is 0 Å². The molecule has 0 spiro atoms. The number of hydrogen-bond acceptors (Lipinski definition) is 3. The van der Waals surface area contributed by atoms with Gasteiger partial charge in [0.1, 0.15) is 0 Å². The highest BCUT2D eigenvalue weighted by Crippen LogP contribution is 2.19. The van der Waals surface area contributed by atoms with Gasteiger partial charge in [0.15, 0.2) is 5.96 Å². The van der Waals surface area contributed by atoms with Gasteiger partial charge in [-0.25, -0.2) is 0 Å². The minimum Gasteiger partial charge on any atom is -0.357 e. The van der Waals surface area contributed by atoms with Gasteiger partial charge in [-0.05, 0) is 85.9 Å². The van der Waals surface area contributed by atoms with Crippen LogP contribution in [-0.2, 0) is 0 Å². The van der Waals surface area contributed by atoms with Crippen LogP contribution in [0.15, 0.2) is 4.99 Å². The van der Waals surface area contributed by atoms with Crippen LogP contribution in [0, 0.1) is 5.92 Å². The van der Waals surface area contributed by atoms with Crippen LogP contribution >= 0.6 is 0 Å². The highest BCUT2D eigenvalue weighted by molar-refractivity contribution is 5.79. The van der Waals surface area contributed by atoms with E-state index in [1.807, 2.05) is 0 Å². The molecule has 0 saturated carbocycles. The fourth-order valence-corrected chi connectivity index (χ4v) is 3.88. The van der Waals surface area contributed by atoms with Crippen molar-refractivity contribution >= 4 is 5.96 Å². The second kappa shape index (κ2) is 13.4. The molecule has 0 atom stereocenters. The van der Waals surface area contributed by atoms with Crippen molar-refractivity contribution < 1.29 is 0 Å². The van der Waals surface area contributed by atoms with E-state index in [0.717, 1.165) is 44.5 Å². The van der Waals surface area contributed by atoms with Crippen LogP contribution in [0.25, 0.3) is 0 Å². The van der Waals surface area contributed by atoms with Crippen LogP contribution in [0.5, 0.6) is 0 Å². The Morgan fingerprint density at radius 3 is 2.27 bits per heavy atom. The number of nitrogens with zero attached hydrogens (tertiary/aromatic N) is 3. The third kappa shape index (κ3) is 9.22. The first kappa shape index (κ1) is 23.2. The van der Waals surface area contributed by atoms with Gasteiger partial charge < -0.3 is 15.5 Å². The maximum absolute atomic E-state index is 4.77. The van der Waals surface area contributed by atoms with E-state index in [1.54, 1.807) is 0 Å². The fourth-order valence-electron chi connectivity index (χ4n) is 3.88. The number of likely N-dealkylation sites (tertiary alicyclic amines) is 1. The molecule has 0 bridgehead atoms. The van der Waals surface area contributed by atoms with Crippen molar-refractivity contribution in [1.29, 1.82) is 0 Å². The lowest BCUT2D eigenvalue weighted by atomic mass is 9.93. The lowest BCUT2D eigenvalue weighted by Crippen LogP contribution is -2.40. The molecule has 2 N–H and O–H groups in total. The van der Waals surface area contributed by atoms with Gasteiger partial charge >= 0.3 is 0 Å². The minimum atomic E-state index is 0.601. The molecule has 1 saturated heterocycles. The molecule has 5 nitrogen and oxygen atoms in total. The third-order valence-electron chi connectivity index (χ3n) is 5.51. The summed E-state index contributed by atoms with van der Waals surface area (Å²) in [5, 5.41) is 6.93. The molecule has 1 heterocycles. The van der Waals surface area contributed by atoms with E-state index < -0.39 is 0 Å². The van der Waals surface area contributed by atoms with Crippen molar-refractivity contribution in [1.82, 2.24) is 20.4 Å². The standard InChI is InChI=1S/C21H45N5/c1-7-22-21(23-13-9-15-26(18(3)4)19(5)6)24-14-10-20-11-16-25(8-2)17-12-20/h18-20H,7-17H2,1-6H3,(H2,22,23,24). The van der Waals surface area contributed by atoms with Crippen LogP contribution in [0.2, 0.25) is 0 Å². The van der Waals surface area contributed by atoms with Crippen LogP contribution in [0.1, 0.15) is 67.2 Å². The first-order valence-corrected chi connectivity index (χ1v) is 11.0. The van der Waals surface area contributed by atoms with Crippen molar-refractivity contribution in [3.8, 4) is 0 Å². The molecule has 0 aromatic heterocycles. The number of nitrogens with one attached hydrogen (secondary N) is 2.